The third-order valence-electron chi connectivity index (χ3n) is 8.82. The van der Waals surface area contributed by atoms with Gasteiger partial charge in [-0.3, -0.25) is 9.97 Å². The highest BCUT2D eigenvalue weighted by atomic mass is 16.5. The zero-order valence-electron chi connectivity index (χ0n) is 28.2. The Hall–Kier alpha value is -4.19. The van der Waals surface area contributed by atoms with Crippen LogP contribution in [0.4, 0.5) is 17.1 Å². The van der Waals surface area contributed by atoms with Crippen LogP contribution in [0, 0.1) is 0 Å². The number of hydrogen-bond acceptors (Lipinski definition) is 6. The Kier molecular flexibility index (Phi) is 14.1. The van der Waals surface area contributed by atoms with Gasteiger partial charge in [0.1, 0.15) is 5.75 Å². The molecule has 0 aliphatic heterocycles. The Morgan fingerprint density at radius 2 is 0.915 bits per heavy atom. The molecule has 2 aromatic carbocycles. The number of hydrogen-bond donors (Lipinski definition) is 0. The van der Waals surface area contributed by atoms with Crippen LogP contribution in [0.2, 0.25) is 0 Å². The summed E-state index contributed by atoms with van der Waals surface area (Å²) in [6.07, 6.45) is 25.6. The van der Waals surface area contributed by atoms with E-state index in [1.54, 1.807) is 12.4 Å². The predicted octanol–water partition coefficient (Wildman–Crippen LogP) is 12.7. The molecule has 6 nitrogen and oxygen atoms in total. The van der Waals surface area contributed by atoms with Crippen molar-refractivity contribution < 1.29 is 4.74 Å². The molecule has 0 amide bonds. The van der Waals surface area contributed by atoms with Gasteiger partial charge in [-0.05, 0) is 79.2 Å². The highest BCUT2D eigenvalue weighted by Gasteiger charge is 2.26. The van der Waals surface area contributed by atoms with E-state index in [0.717, 1.165) is 64.1 Å². The summed E-state index contributed by atoms with van der Waals surface area (Å²) < 4.78 is 5.96. The minimum atomic E-state index is 0.764. The van der Waals surface area contributed by atoms with Crippen molar-refractivity contribution in [3.63, 3.8) is 0 Å². The highest BCUT2D eigenvalue weighted by molar-refractivity contribution is 6.23. The molecular formula is C41H51N5O. The predicted molar refractivity (Wildman–Crippen MR) is 195 cm³/mol. The molecule has 0 fully saturated rings. The van der Waals surface area contributed by atoms with E-state index in [1.165, 1.54) is 96.3 Å². The van der Waals surface area contributed by atoms with Crippen molar-refractivity contribution in [1.29, 1.82) is 0 Å². The molecule has 0 radical (unpaired) electrons. The molecule has 0 unspecified atom stereocenters. The molecule has 5 rings (SSSR count). The van der Waals surface area contributed by atoms with Crippen molar-refractivity contribution in [2.75, 3.05) is 6.61 Å². The molecule has 0 saturated carbocycles. The third kappa shape index (κ3) is 10.9. The minimum absolute atomic E-state index is 0.764. The SMILES string of the molecule is CCCCCCCCCCCCCCCCCCOc1ccc(N=Nc2ccc(N=C3c4cccnc4-c4ncccc43)cc2)cc1. The van der Waals surface area contributed by atoms with Crippen LogP contribution in [-0.4, -0.2) is 22.3 Å². The topological polar surface area (TPSA) is 72.1 Å². The lowest BCUT2D eigenvalue weighted by Crippen LogP contribution is -1.97. The first-order chi connectivity index (χ1) is 23.3. The van der Waals surface area contributed by atoms with E-state index in [2.05, 4.69) is 27.1 Å². The molecule has 2 aromatic heterocycles. The Balaban J connectivity index is 0.942. The van der Waals surface area contributed by atoms with Crippen LogP contribution in [-0.2, 0) is 0 Å². The van der Waals surface area contributed by atoms with Gasteiger partial charge in [0.05, 0.1) is 40.8 Å². The van der Waals surface area contributed by atoms with Gasteiger partial charge in [-0.1, -0.05) is 103 Å². The van der Waals surface area contributed by atoms with Crippen molar-refractivity contribution in [2.24, 2.45) is 15.2 Å². The van der Waals surface area contributed by atoms with E-state index in [0.29, 0.717) is 0 Å². The molecule has 6 heteroatoms. The van der Waals surface area contributed by atoms with E-state index >= 15 is 0 Å². The van der Waals surface area contributed by atoms with Gasteiger partial charge in [-0.15, -0.1) is 0 Å². The molecule has 2 heterocycles. The number of aliphatic imine (C=N–C) groups is 1. The van der Waals surface area contributed by atoms with Crippen LogP contribution in [0.5, 0.6) is 5.75 Å². The maximum atomic E-state index is 5.96. The van der Waals surface area contributed by atoms with Crippen LogP contribution in [0.3, 0.4) is 0 Å². The lowest BCUT2D eigenvalue weighted by Gasteiger charge is -2.06. The smallest absolute Gasteiger partial charge is 0.119 e. The average Bonchev–Trinajstić information content (AvgIpc) is 3.43. The summed E-state index contributed by atoms with van der Waals surface area (Å²) in [5.74, 6) is 0.883. The molecule has 0 saturated heterocycles. The molecule has 0 N–H and O–H groups in total. The van der Waals surface area contributed by atoms with Crippen molar-refractivity contribution >= 4 is 22.8 Å². The van der Waals surface area contributed by atoms with Gasteiger partial charge in [0.25, 0.3) is 0 Å². The Morgan fingerprint density at radius 1 is 0.489 bits per heavy atom. The zero-order valence-corrected chi connectivity index (χ0v) is 28.2. The van der Waals surface area contributed by atoms with Gasteiger partial charge in [0, 0.05) is 23.5 Å². The van der Waals surface area contributed by atoms with Gasteiger partial charge in [0.2, 0.25) is 0 Å². The molecule has 0 atom stereocenters. The normalized spacial score (nSPS) is 12.0. The lowest BCUT2D eigenvalue weighted by molar-refractivity contribution is 0.304. The highest BCUT2D eigenvalue weighted by Crippen LogP contribution is 2.35. The molecule has 4 aromatic rings. The van der Waals surface area contributed by atoms with Crippen molar-refractivity contribution in [3.05, 3.63) is 96.3 Å². The van der Waals surface area contributed by atoms with Crippen molar-refractivity contribution in [1.82, 2.24) is 9.97 Å². The van der Waals surface area contributed by atoms with Gasteiger partial charge in [0.15, 0.2) is 0 Å². The molecule has 0 bridgehead atoms. The van der Waals surface area contributed by atoms with Crippen molar-refractivity contribution in [2.45, 2.75) is 110 Å². The van der Waals surface area contributed by atoms with E-state index in [-0.39, 0.29) is 0 Å². The van der Waals surface area contributed by atoms with Crippen LogP contribution < -0.4 is 4.74 Å². The number of aromatic nitrogens is 2. The van der Waals surface area contributed by atoms with Gasteiger partial charge in [-0.25, -0.2) is 4.99 Å². The summed E-state index contributed by atoms with van der Waals surface area (Å²) in [5, 5.41) is 8.83. The Morgan fingerprint density at radius 3 is 1.40 bits per heavy atom. The maximum absolute atomic E-state index is 5.96. The molecule has 0 spiro atoms. The number of nitrogens with zero attached hydrogens (tertiary/aromatic N) is 5. The molecule has 1 aliphatic rings. The first-order valence-corrected chi connectivity index (χ1v) is 18.1. The number of unbranched alkanes of at least 4 members (excludes halogenated alkanes) is 15. The van der Waals surface area contributed by atoms with Crippen molar-refractivity contribution in [3.8, 4) is 17.1 Å². The average molecular weight is 630 g/mol. The quantitative estimate of drug-likeness (QED) is 0.0599. The lowest BCUT2D eigenvalue weighted by atomic mass is 10.0. The molecule has 47 heavy (non-hydrogen) atoms. The second kappa shape index (κ2) is 19.5. The Labute approximate surface area is 281 Å². The van der Waals surface area contributed by atoms with E-state index in [1.807, 2.05) is 72.8 Å². The number of rotatable bonds is 21. The van der Waals surface area contributed by atoms with Gasteiger partial charge < -0.3 is 4.74 Å². The van der Waals surface area contributed by atoms with Gasteiger partial charge >= 0.3 is 0 Å². The van der Waals surface area contributed by atoms with E-state index in [9.17, 15) is 0 Å². The molecular weight excluding hydrogens is 578 g/mol. The first-order valence-electron chi connectivity index (χ1n) is 18.1. The fraction of sp³-hybridized carbons (Fsp3) is 0.439. The van der Waals surface area contributed by atoms with E-state index < -0.39 is 0 Å². The summed E-state index contributed by atoms with van der Waals surface area (Å²) in [4.78, 5) is 14.0. The third-order valence-corrected chi connectivity index (χ3v) is 8.82. The fourth-order valence-corrected chi connectivity index (χ4v) is 6.12. The summed E-state index contributed by atoms with van der Waals surface area (Å²) in [6.45, 7) is 3.05. The fourth-order valence-electron chi connectivity index (χ4n) is 6.12. The first kappa shape index (κ1) is 34.2. The molecule has 1 aliphatic carbocycles. The largest absolute Gasteiger partial charge is 0.494 e. The monoisotopic (exact) mass is 629 g/mol. The summed E-state index contributed by atoms with van der Waals surface area (Å²) in [7, 11) is 0. The van der Waals surface area contributed by atoms with E-state index in [4.69, 9.17) is 9.73 Å². The number of pyridine rings is 2. The summed E-state index contributed by atoms with van der Waals surface area (Å²) >= 11 is 0. The second-order valence-electron chi connectivity index (χ2n) is 12.6. The summed E-state index contributed by atoms with van der Waals surface area (Å²) in [5.41, 5.74) is 7.06. The zero-order chi connectivity index (χ0) is 32.4. The van der Waals surface area contributed by atoms with Crippen LogP contribution in [0.15, 0.2) is 100 Å². The maximum Gasteiger partial charge on any atom is 0.119 e. The second-order valence-corrected chi connectivity index (χ2v) is 12.6. The number of fused-ring (bicyclic) bond motifs is 3. The van der Waals surface area contributed by atoms with Crippen LogP contribution in [0.1, 0.15) is 121 Å². The summed E-state index contributed by atoms with van der Waals surface area (Å²) in [6, 6.07) is 23.6. The molecule has 246 valence electrons. The number of ether oxygens (including phenoxy) is 1. The number of benzene rings is 2. The minimum Gasteiger partial charge on any atom is -0.494 e. The standard InChI is InChI=1S/C41H51N5O/c1-2-3-4-5-6-7-8-9-10-11-12-13-14-15-16-17-32-47-36-28-26-35(27-29-36)46-45-34-24-22-33(23-25-34)44-39-37-20-18-30-42-40(37)41-38(39)21-19-31-43-41/h18-31H,2-17,32H2,1H3. The van der Waals surface area contributed by atoms with Crippen LogP contribution in [0.25, 0.3) is 11.4 Å². The number of azo groups is 1. The van der Waals surface area contributed by atoms with Crippen LogP contribution >= 0.6 is 0 Å². The van der Waals surface area contributed by atoms with Gasteiger partial charge in [-0.2, -0.15) is 10.2 Å². The Bertz CT molecular complexity index is 1500.